The number of carbonyl (C=O) groups is 1. The van der Waals surface area contributed by atoms with E-state index in [1.807, 2.05) is 13.8 Å². The molecule has 0 spiro atoms. The highest BCUT2D eigenvalue weighted by atomic mass is 28.3. The van der Waals surface area contributed by atoms with Crippen molar-refractivity contribution in [1.29, 1.82) is 0 Å². The fraction of sp³-hybridized carbons (Fsp3) is 0.875. The Balaban J connectivity index is 3.71. The molecule has 0 aromatic heterocycles. The molecule has 0 radical (unpaired) electrons. The smallest absolute Gasteiger partial charge is 0.332 e. The normalized spacial score (nSPS) is 10.5. The van der Waals surface area contributed by atoms with Crippen LogP contribution in [0.5, 0.6) is 0 Å². The Morgan fingerprint density at radius 2 is 1.62 bits per heavy atom. The third kappa shape index (κ3) is 6.74. The molecule has 0 amide bonds. The number of carbonyl (C=O) groups excluding carboxylic acids is 1. The molecule has 4 nitrogen and oxygen atoms in total. The second-order valence-electron chi connectivity index (χ2n) is 2.35. The molecule has 5 heteroatoms. The topological polar surface area (TPSA) is 44.8 Å². The van der Waals surface area contributed by atoms with Gasteiger partial charge in [-0.3, -0.25) is 4.79 Å². The zero-order valence-corrected chi connectivity index (χ0v) is 9.69. The Bertz CT molecular complexity index is 134. The first kappa shape index (κ1) is 12.6. The molecule has 0 aliphatic heterocycles. The van der Waals surface area contributed by atoms with E-state index in [0.717, 1.165) is 0 Å². The lowest BCUT2D eigenvalue weighted by Crippen LogP contribution is -2.27. The Labute approximate surface area is 81.0 Å². The van der Waals surface area contributed by atoms with Gasteiger partial charge in [0.2, 0.25) is 0 Å². The summed E-state index contributed by atoms with van der Waals surface area (Å²) in [4.78, 5) is 11.1. The van der Waals surface area contributed by atoms with Crippen LogP contribution in [0.15, 0.2) is 0 Å². The molecule has 0 aromatic rings. The second kappa shape index (κ2) is 8.22. The Morgan fingerprint density at radius 3 is 2.00 bits per heavy atom. The molecule has 0 aliphatic carbocycles. The van der Waals surface area contributed by atoms with Gasteiger partial charge in [0.05, 0.1) is 12.7 Å². The molecule has 0 aromatic carbocycles. The number of esters is 1. The Morgan fingerprint density at radius 1 is 1.08 bits per heavy atom. The van der Waals surface area contributed by atoms with E-state index in [0.29, 0.717) is 25.9 Å². The minimum atomic E-state index is -1.80. The molecule has 0 saturated carbocycles. The summed E-state index contributed by atoms with van der Waals surface area (Å²) in [6, 6.07) is 0.301. The fourth-order valence-corrected chi connectivity index (χ4v) is 2.36. The van der Waals surface area contributed by atoms with Gasteiger partial charge in [-0.1, -0.05) is 0 Å². The van der Waals surface area contributed by atoms with E-state index < -0.39 is 9.28 Å². The van der Waals surface area contributed by atoms with Crippen molar-refractivity contribution in [3.8, 4) is 0 Å². The number of rotatable bonds is 7. The molecule has 0 fully saturated rings. The molecule has 0 bridgehead atoms. The van der Waals surface area contributed by atoms with Crippen LogP contribution in [0.25, 0.3) is 0 Å². The zero-order valence-electron chi connectivity index (χ0n) is 8.54. The highest BCUT2D eigenvalue weighted by molar-refractivity contribution is 6.48. The summed E-state index contributed by atoms with van der Waals surface area (Å²) in [6.07, 6.45) is 0. The summed E-state index contributed by atoms with van der Waals surface area (Å²) >= 11 is 0. The summed E-state index contributed by atoms with van der Waals surface area (Å²) in [6.45, 7) is 7.18. The van der Waals surface area contributed by atoms with Crippen LogP contribution in [-0.4, -0.2) is 35.1 Å². The minimum Gasteiger partial charge on any atom is -0.466 e. The lowest BCUT2D eigenvalue weighted by Gasteiger charge is -2.13. The van der Waals surface area contributed by atoms with Crippen molar-refractivity contribution >= 4 is 15.3 Å². The van der Waals surface area contributed by atoms with Gasteiger partial charge in [0.1, 0.15) is 0 Å². The van der Waals surface area contributed by atoms with Gasteiger partial charge in [-0.2, -0.15) is 0 Å². The van der Waals surface area contributed by atoms with E-state index in [1.54, 1.807) is 6.92 Å². The predicted molar refractivity (Wildman–Crippen MR) is 51.8 cm³/mol. The van der Waals surface area contributed by atoms with Crippen molar-refractivity contribution in [2.24, 2.45) is 0 Å². The van der Waals surface area contributed by atoms with Gasteiger partial charge < -0.3 is 13.6 Å². The number of hydrogen-bond acceptors (Lipinski definition) is 4. The lowest BCUT2D eigenvalue weighted by atomic mass is 10.8. The van der Waals surface area contributed by atoms with Crippen LogP contribution >= 0.6 is 0 Å². The standard InChI is InChI=1S/C8H18O4Si/c1-4-10-8(9)7-13(11-5-2)12-6-3/h13H,4-7H2,1-3H3. The van der Waals surface area contributed by atoms with E-state index in [4.69, 9.17) is 13.6 Å². The maximum atomic E-state index is 11.1. The van der Waals surface area contributed by atoms with Crippen LogP contribution in [-0.2, 0) is 18.4 Å². The lowest BCUT2D eigenvalue weighted by molar-refractivity contribution is -0.140. The molecular formula is C8H18O4Si. The van der Waals surface area contributed by atoms with Gasteiger partial charge in [-0.15, -0.1) is 0 Å². The van der Waals surface area contributed by atoms with Crippen LogP contribution in [0, 0.1) is 0 Å². The first-order chi connectivity index (χ1) is 6.24. The van der Waals surface area contributed by atoms with Gasteiger partial charge in [-0.25, -0.2) is 0 Å². The molecule has 13 heavy (non-hydrogen) atoms. The fourth-order valence-electron chi connectivity index (χ4n) is 0.894. The van der Waals surface area contributed by atoms with E-state index >= 15 is 0 Å². The van der Waals surface area contributed by atoms with Gasteiger partial charge in [0.15, 0.2) is 0 Å². The summed E-state index contributed by atoms with van der Waals surface area (Å²) in [5, 5.41) is 0. The molecule has 0 saturated heterocycles. The molecule has 0 unspecified atom stereocenters. The van der Waals surface area contributed by atoms with Crippen molar-refractivity contribution in [3.05, 3.63) is 0 Å². The van der Waals surface area contributed by atoms with Crippen LogP contribution in [0.4, 0.5) is 0 Å². The predicted octanol–water partition coefficient (Wildman–Crippen LogP) is 0.843. The van der Waals surface area contributed by atoms with Crippen LogP contribution in [0.2, 0.25) is 6.04 Å². The monoisotopic (exact) mass is 206 g/mol. The van der Waals surface area contributed by atoms with E-state index in [1.165, 1.54) is 0 Å². The Hall–Kier alpha value is -0.393. The van der Waals surface area contributed by atoms with Gasteiger partial charge in [-0.05, 0) is 20.8 Å². The maximum absolute atomic E-state index is 11.1. The average molecular weight is 206 g/mol. The van der Waals surface area contributed by atoms with Gasteiger partial charge in [0.25, 0.3) is 0 Å². The molecule has 0 rings (SSSR count). The molecule has 0 aliphatic rings. The SMILES string of the molecule is CCOC(=O)C[SiH](OCC)OCC. The van der Waals surface area contributed by atoms with Crippen LogP contribution in [0.1, 0.15) is 20.8 Å². The van der Waals surface area contributed by atoms with E-state index in [-0.39, 0.29) is 5.97 Å². The molecular weight excluding hydrogens is 188 g/mol. The average Bonchev–Trinajstić information content (AvgIpc) is 2.05. The third-order valence-corrected chi connectivity index (χ3v) is 3.42. The van der Waals surface area contributed by atoms with E-state index in [9.17, 15) is 4.79 Å². The molecule has 0 N–H and O–H groups in total. The quantitative estimate of drug-likeness (QED) is 0.457. The van der Waals surface area contributed by atoms with Crippen molar-refractivity contribution < 1.29 is 18.4 Å². The van der Waals surface area contributed by atoms with Gasteiger partial charge >= 0.3 is 15.3 Å². The zero-order chi connectivity index (χ0) is 10.1. The van der Waals surface area contributed by atoms with Crippen molar-refractivity contribution in [2.45, 2.75) is 26.8 Å². The third-order valence-electron chi connectivity index (χ3n) is 1.34. The molecule has 0 atom stereocenters. The van der Waals surface area contributed by atoms with E-state index in [2.05, 4.69) is 0 Å². The minimum absolute atomic E-state index is 0.221. The Kier molecular flexibility index (Phi) is 7.97. The summed E-state index contributed by atoms with van der Waals surface area (Å²) in [7, 11) is -1.80. The summed E-state index contributed by atoms with van der Waals surface area (Å²) in [5.41, 5.74) is 0. The molecule has 78 valence electrons. The summed E-state index contributed by atoms with van der Waals surface area (Å²) < 4.78 is 15.4. The second-order valence-corrected chi connectivity index (χ2v) is 4.28. The first-order valence-electron chi connectivity index (χ1n) is 4.63. The largest absolute Gasteiger partial charge is 0.466 e. The van der Waals surface area contributed by atoms with Crippen molar-refractivity contribution in [3.63, 3.8) is 0 Å². The van der Waals surface area contributed by atoms with Crippen molar-refractivity contribution in [2.75, 3.05) is 19.8 Å². The van der Waals surface area contributed by atoms with Crippen molar-refractivity contribution in [1.82, 2.24) is 0 Å². The molecule has 0 heterocycles. The maximum Gasteiger partial charge on any atom is 0.332 e. The first-order valence-corrected chi connectivity index (χ1v) is 6.39. The summed E-state index contributed by atoms with van der Waals surface area (Å²) in [5.74, 6) is -0.221. The van der Waals surface area contributed by atoms with Gasteiger partial charge in [0, 0.05) is 13.2 Å². The van der Waals surface area contributed by atoms with Crippen LogP contribution < -0.4 is 0 Å². The highest BCUT2D eigenvalue weighted by Gasteiger charge is 2.17. The van der Waals surface area contributed by atoms with Crippen LogP contribution in [0.3, 0.4) is 0 Å². The highest BCUT2D eigenvalue weighted by Crippen LogP contribution is 1.99. The number of ether oxygens (including phenoxy) is 1. The number of hydrogen-bond donors (Lipinski definition) is 0.